The largest absolute Gasteiger partial charge is 0.307 e. The minimum atomic E-state index is -0.0370. The van der Waals surface area contributed by atoms with Gasteiger partial charge in [0, 0.05) is 12.1 Å². The topological polar surface area (TPSA) is 59.1 Å². The Bertz CT molecular complexity index is 80.9. The van der Waals surface area contributed by atoms with Crippen LogP contribution in [0.25, 0.3) is 0 Å². The molecule has 1 rings (SSSR count). The molecular weight excluding hydrogens is 80.0 g/mol. The zero-order valence-electron chi connectivity index (χ0n) is 3.27. The zero-order valence-corrected chi connectivity index (χ0v) is 3.27. The van der Waals surface area contributed by atoms with Crippen molar-refractivity contribution < 1.29 is 4.84 Å². The lowest BCUT2D eigenvalue weighted by molar-refractivity contribution is 0.137. The van der Waals surface area contributed by atoms with E-state index in [0.29, 0.717) is 5.71 Å². The van der Waals surface area contributed by atoms with Gasteiger partial charge in [0.15, 0.2) is 0 Å². The van der Waals surface area contributed by atoms with Gasteiger partial charge in [-0.15, -0.1) is 0 Å². The van der Waals surface area contributed by atoms with E-state index in [4.69, 9.17) is 5.41 Å². The first kappa shape index (κ1) is 3.77. The number of nitrogens with two attached hydrogens (primary N) is 1. The first-order chi connectivity index (χ1) is 2.84. The van der Waals surface area contributed by atoms with Crippen LogP contribution in [0.4, 0.5) is 0 Å². The first-order valence-corrected chi connectivity index (χ1v) is 1.77. The average molecular weight is 86.1 g/mol. The van der Waals surface area contributed by atoms with Crippen molar-refractivity contribution in [1.82, 2.24) is 0 Å². The Morgan fingerprint density at radius 2 is 2.50 bits per heavy atom. The normalized spacial score (nSPS) is 30.8. The van der Waals surface area contributed by atoms with Crippen molar-refractivity contribution in [2.75, 3.05) is 0 Å². The number of nitrogens with one attached hydrogen (secondary N) is 1. The Labute approximate surface area is 35.6 Å². The van der Waals surface area contributed by atoms with Gasteiger partial charge in [0.25, 0.3) is 0 Å². The number of rotatable bonds is 1. The second kappa shape index (κ2) is 1.03. The highest BCUT2D eigenvalue weighted by molar-refractivity contribution is 6.01. The first-order valence-electron chi connectivity index (χ1n) is 1.77. The molecule has 3 heteroatoms. The molecule has 1 fully saturated rings. The van der Waals surface area contributed by atoms with Crippen LogP contribution in [0, 0.1) is 5.41 Å². The van der Waals surface area contributed by atoms with E-state index in [0.717, 1.165) is 6.42 Å². The summed E-state index contributed by atoms with van der Waals surface area (Å²) < 4.78 is 0. The van der Waals surface area contributed by atoms with E-state index in [-0.39, 0.29) is 6.10 Å². The molecule has 1 aliphatic carbocycles. The molecule has 0 aliphatic heterocycles. The molecule has 0 radical (unpaired) electrons. The summed E-state index contributed by atoms with van der Waals surface area (Å²) in [7, 11) is 0. The van der Waals surface area contributed by atoms with Crippen LogP contribution in [-0.2, 0) is 4.84 Å². The van der Waals surface area contributed by atoms with Gasteiger partial charge < -0.3 is 5.41 Å². The molecule has 1 aliphatic rings. The van der Waals surface area contributed by atoms with Crippen LogP contribution in [0.5, 0.6) is 0 Å². The summed E-state index contributed by atoms with van der Waals surface area (Å²) in [6.45, 7) is 0. The van der Waals surface area contributed by atoms with Crippen LogP contribution < -0.4 is 5.90 Å². The minimum Gasteiger partial charge on any atom is -0.307 e. The smallest absolute Gasteiger partial charge is 0.121 e. The van der Waals surface area contributed by atoms with E-state index in [1.807, 2.05) is 0 Å². The summed E-state index contributed by atoms with van der Waals surface area (Å²) in [6.07, 6.45) is 0.696. The van der Waals surface area contributed by atoms with Crippen LogP contribution in [0.3, 0.4) is 0 Å². The molecule has 0 spiro atoms. The SMILES string of the molecule is N=C1CC1ON. The summed E-state index contributed by atoms with van der Waals surface area (Å²) in [5, 5.41) is 6.76. The predicted molar refractivity (Wildman–Crippen MR) is 21.4 cm³/mol. The maximum Gasteiger partial charge on any atom is 0.121 e. The molecule has 0 saturated heterocycles. The summed E-state index contributed by atoms with van der Waals surface area (Å²) in [5.41, 5.74) is 0.609. The maximum absolute atomic E-state index is 6.76. The van der Waals surface area contributed by atoms with Crippen molar-refractivity contribution in [3.8, 4) is 0 Å². The fourth-order valence-corrected chi connectivity index (χ4v) is 0.271. The Morgan fingerprint density at radius 1 is 2.00 bits per heavy atom. The number of hydrogen-bond donors (Lipinski definition) is 2. The highest BCUT2D eigenvalue weighted by Crippen LogP contribution is 2.15. The van der Waals surface area contributed by atoms with Gasteiger partial charge in [-0.05, 0) is 0 Å². The van der Waals surface area contributed by atoms with Crippen LogP contribution in [0.15, 0.2) is 0 Å². The van der Waals surface area contributed by atoms with Gasteiger partial charge in [0.2, 0.25) is 0 Å². The highest BCUT2D eigenvalue weighted by atomic mass is 16.6. The molecule has 6 heavy (non-hydrogen) atoms. The van der Waals surface area contributed by atoms with E-state index in [9.17, 15) is 0 Å². The maximum atomic E-state index is 6.76. The van der Waals surface area contributed by atoms with Gasteiger partial charge in [0.05, 0.1) is 0 Å². The van der Waals surface area contributed by atoms with Gasteiger partial charge in [-0.1, -0.05) is 0 Å². The van der Waals surface area contributed by atoms with Gasteiger partial charge in [-0.3, -0.25) is 4.84 Å². The van der Waals surface area contributed by atoms with Crippen LogP contribution >= 0.6 is 0 Å². The molecule has 0 bridgehead atoms. The molecule has 0 aromatic rings. The van der Waals surface area contributed by atoms with Gasteiger partial charge >= 0.3 is 0 Å². The quantitative estimate of drug-likeness (QED) is 0.429. The predicted octanol–water partition coefficient (Wildman–Crippen LogP) is -0.331. The van der Waals surface area contributed by atoms with Crippen molar-refractivity contribution in [2.24, 2.45) is 5.90 Å². The Kier molecular flexibility index (Phi) is 0.645. The molecule has 0 amide bonds. The Hall–Kier alpha value is -0.410. The average Bonchev–Trinajstić information content (AvgIpc) is 2.19. The fourth-order valence-electron chi connectivity index (χ4n) is 0.271. The molecular formula is C3H6N2O. The standard InChI is InChI=1S/C3H6N2O/c4-2-1-3(2)6-5/h3-4H,1,5H2. The lowest BCUT2D eigenvalue weighted by Gasteiger charge is -1.79. The van der Waals surface area contributed by atoms with Crippen molar-refractivity contribution in [3.05, 3.63) is 0 Å². The highest BCUT2D eigenvalue weighted by Gasteiger charge is 2.30. The lowest BCUT2D eigenvalue weighted by atomic mass is 10.8. The monoisotopic (exact) mass is 86.0 g/mol. The molecule has 0 heterocycles. The molecule has 34 valence electrons. The van der Waals surface area contributed by atoms with Gasteiger partial charge in [0.1, 0.15) is 6.10 Å². The van der Waals surface area contributed by atoms with Crippen LogP contribution in [-0.4, -0.2) is 11.8 Å². The molecule has 1 saturated carbocycles. The lowest BCUT2D eigenvalue weighted by Crippen LogP contribution is -2.01. The second-order valence-electron chi connectivity index (χ2n) is 1.35. The third-order valence-corrected chi connectivity index (χ3v) is 0.798. The molecule has 1 unspecified atom stereocenters. The molecule has 1 atom stereocenters. The van der Waals surface area contributed by atoms with E-state index < -0.39 is 0 Å². The molecule has 0 aromatic carbocycles. The van der Waals surface area contributed by atoms with E-state index in [1.165, 1.54) is 0 Å². The Balaban J connectivity index is 2.26. The summed E-state index contributed by atoms with van der Waals surface area (Å²) in [4.78, 5) is 4.25. The number of hydrogen-bond acceptors (Lipinski definition) is 3. The van der Waals surface area contributed by atoms with E-state index in [1.54, 1.807) is 0 Å². The van der Waals surface area contributed by atoms with E-state index >= 15 is 0 Å². The zero-order chi connectivity index (χ0) is 4.57. The van der Waals surface area contributed by atoms with Crippen molar-refractivity contribution >= 4 is 5.71 Å². The summed E-state index contributed by atoms with van der Waals surface area (Å²) >= 11 is 0. The van der Waals surface area contributed by atoms with Crippen molar-refractivity contribution in [3.63, 3.8) is 0 Å². The van der Waals surface area contributed by atoms with E-state index in [2.05, 4.69) is 10.7 Å². The van der Waals surface area contributed by atoms with Crippen molar-refractivity contribution in [1.29, 1.82) is 5.41 Å². The van der Waals surface area contributed by atoms with Gasteiger partial charge in [-0.25, -0.2) is 5.90 Å². The third-order valence-electron chi connectivity index (χ3n) is 0.798. The summed E-state index contributed by atoms with van der Waals surface area (Å²) in [5.74, 6) is 4.68. The molecule has 3 nitrogen and oxygen atoms in total. The fraction of sp³-hybridized carbons (Fsp3) is 0.667. The third kappa shape index (κ3) is 0.418. The van der Waals surface area contributed by atoms with Crippen LogP contribution in [0.2, 0.25) is 0 Å². The summed E-state index contributed by atoms with van der Waals surface area (Å²) in [6, 6.07) is 0. The second-order valence-corrected chi connectivity index (χ2v) is 1.35. The van der Waals surface area contributed by atoms with Crippen molar-refractivity contribution in [2.45, 2.75) is 12.5 Å². The van der Waals surface area contributed by atoms with Gasteiger partial charge in [-0.2, -0.15) is 0 Å². The van der Waals surface area contributed by atoms with Crippen LogP contribution in [0.1, 0.15) is 6.42 Å². The Morgan fingerprint density at radius 3 is 2.50 bits per heavy atom. The molecule has 3 N–H and O–H groups in total. The minimum absolute atomic E-state index is 0.0370. The molecule has 0 aromatic heterocycles.